The van der Waals surface area contributed by atoms with Gasteiger partial charge in [-0.1, -0.05) is 53.7 Å². The van der Waals surface area contributed by atoms with Crippen molar-refractivity contribution in [2.75, 3.05) is 0 Å². The summed E-state index contributed by atoms with van der Waals surface area (Å²) in [5.41, 5.74) is 5.02. The Balaban J connectivity index is 1.22. The second-order valence-corrected chi connectivity index (χ2v) is 10.4. The molecule has 1 N–H and O–H groups in total. The number of aromatic amines is 1. The van der Waals surface area contributed by atoms with Crippen LogP contribution in [0.2, 0.25) is 5.02 Å². The molecule has 0 aliphatic carbocycles. The smallest absolute Gasteiger partial charge is 0.258 e. The summed E-state index contributed by atoms with van der Waals surface area (Å²) in [5, 5.41) is 8.19. The van der Waals surface area contributed by atoms with Gasteiger partial charge in [0, 0.05) is 46.9 Å². The molecule has 0 aliphatic rings. The van der Waals surface area contributed by atoms with Gasteiger partial charge in [-0.2, -0.15) is 4.52 Å². The minimum absolute atomic E-state index is 0.176. The predicted octanol–water partition coefficient (Wildman–Crippen LogP) is 5.50. The van der Waals surface area contributed by atoms with Crippen molar-refractivity contribution >= 4 is 56.5 Å². The van der Waals surface area contributed by atoms with Gasteiger partial charge in [-0.3, -0.25) is 9.20 Å². The van der Waals surface area contributed by atoms with Crippen LogP contribution in [0, 0.1) is 0 Å². The van der Waals surface area contributed by atoms with Gasteiger partial charge in [-0.05, 0) is 42.3 Å². The highest BCUT2D eigenvalue weighted by Gasteiger charge is 2.15. The molecule has 0 aliphatic heterocycles. The fourth-order valence-electron chi connectivity index (χ4n) is 4.70. The molecule has 10 heteroatoms. The van der Waals surface area contributed by atoms with Gasteiger partial charge in [0.25, 0.3) is 5.56 Å². The molecule has 0 fully saturated rings. The number of aryl methyl sites for hydroxylation is 2. The molecule has 0 radical (unpaired) electrons. The van der Waals surface area contributed by atoms with E-state index in [1.54, 1.807) is 18.3 Å². The van der Waals surface area contributed by atoms with Crippen molar-refractivity contribution in [3.63, 3.8) is 0 Å². The maximum atomic E-state index is 12.6. The standard InChI is InChI=1S/C28H20ClN7OS/c29-18-10-12-25-31-19(13-26(37)35(25)15-18)16-38-28-32-23-8-4-2-6-21(23)27-33-24(34-36(27)28)11-9-17-14-30-22-7-3-1-5-20(17)22/h1-8,10,12-15,30H,9,11,16H2. The summed E-state index contributed by atoms with van der Waals surface area (Å²) in [6, 6.07) is 21.2. The Morgan fingerprint density at radius 1 is 0.921 bits per heavy atom. The quantitative estimate of drug-likeness (QED) is 0.222. The first-order valence-corrected chi connectivity index (χ1v) is 13.5. The van der Waals surface area contributed by atoms with Gasteiger partial charge in [0.15, 0.2) is 16.6 Å². The van der Waals surface area contributed by atoms with Crippen LogP contribution in [0.1, 0.15) is 17.1 Å². The zero-order chi connectivity index (χ0) is 25.6. The lowest BCUT2D eigenvalue weighted by atomic mass is 10.1. The van der Waals surface area contributed by atoms with Crippen LogP contribution < -0.4 is 5.56 Å². The molecule has 0 unspecified atom stereocenters. The summed E-state index contributed by atoms with van der Waals surface area (Å²) < 4.78 is 3.26. The minimum atomic E-state index is -0.176. The predicted molar refractivity (Wildman–Crippen MR) is 150 cm³/mol. The van der Waals surface area contributed by atoms with Crippen LogP contribution in [0.3, 0.4) is 0 Å². The summed E-state index contributed by atoms with van der Waals surface area (Å²) in [7, 11) is 0. The first-order valence-electron chi connectivity index (χ1n) is 12.1. The minimum Gasteiger partial charge on any atom is -0.361 e. The highest BCUT2D eigenvalue weighted by molar-refractivity contribution is 7.98. The molecule has 0 saturated carbocycles. The number of hydrogen-bond donors (Lipinski definition) is 1. The maximum Gasteiger partial charge on any atom is 0.258 e. The molecule has 2 aromatic carbocycles. The fourth-order valence-corrected chi connectivity index (χ4v) is 5.69. The van der Waals surface area contributed by atoms with Crippen LogP contribution in [0.4, 0.5) is 0 Å². The van der Waals surface area contributed by atoms with Crippen LogP contribution in [0.25, 0.3) is 33.1 Å². The number of H-pyrrole nitrogens is 1. The second-order valence-electron chi connectivity index (χ2n) is 8.98. The molecule has 5 heterocycles. The zero-order valence-corrected chi connectivity index (χ0v) is 21.6. The van der Waals surface area contributed by atoms with Gasteiger partial charge < -0.3 is 4.98 Å². The summed E-state index contributed by atoms with van der Waals surface area (Å²) in [6.07, 6.45) is 5.16. The Morgan fingerprint density at radius 2 is 1.76 bits per heavy atom. The summed E-state index contributed by atoms with van der Waals surface area (Å²) in [6.45, 7) is 0. The van der Waals surface area contributed by atoms with Crippen LogP contribution >= 0.6 is 23.4 Å². The lowest BCUT2D eigenvalue weighted by Crippen LogP contribution is -2.15. The SMILES string of the molecule is O=c1cc(CSc2nc3ccccc3c3nc(CCc4c[nH]c5ccccc45)nn23)nc2ccc(Cl)cn12. The van der Waals surface area contributed by atoms with Gasteiger partial charge in [-0.25, -0.2) is 15.0 Å². The third-order valence-corrected chi connectivity index (χ3v) is 7.70. The largest absolute Gasteiger partial charge is 0.361 e. The van der Waals surface area contributed by atoms with Crippen molar-refractivity contribution in [2.45, 2.75) is 23.8 Å². The Bertz CT molecular complexity index is 2040. The van der Waals surface area contributed by atoms with E-state index in [1.807, 2.05) is 34.8 Å². The van der Waals surface area contributed by atoms with E-state index >= 15 is 0 Å². The molecule has 38 heavy (non-hydrogen) atoms. The monoisotopic (exact) mass is 537 g/mol. The van der Waals surface area contributed by atoms with E-state index in [2.05, 4.69) is 34.4 Å². The Morgan fingerprint density at radius 3 is 2.68 bits per heavy atom. The molecule has 186 valence electrons. The van der Waals surface area contributed by atoms with Crippen molar-refractivity contribution in [1.29, 1.82) is 0 Å². The van der Waals surface area contributed by atoms with E-state index in [0.717, 1.165) is 34.3 Å². The number of halogens is 1. The number of pyridine rings is 1. The number of nitrogens with zero attached hydrogens (tertiary/aromatic N) is 6. The van der Waals surface area contributed by atoms with Gasteiger partial charge >= 0.3 is 0 Å². The molecule has 0 amide bonds. The normalized spacial score (nSPS) is 11.8. The lowest BCUT2D eigenvalue weighted by Gasteiger charge is -2.07. The topological polar surface area (TPSA) is 93.2 Å². The molecular formula is C28H20ClN7OS. The Labute approximate surface area is 225 Å². The third kappa shape index (κ3) is 4.09. The molecule has 5 aromatic heterocycles. The molecule has 0 saturated heterocycles. The van der Waals surface area contributed by atoms with Crippen LogP contribution in [-0.4, -0.2) is 34.0 Å². The highest BCUT2D eigenvalue weighted by atomic mass is 35.5. The average Bonchev–Trinajstić information content (AvgIpc) is 3.56. The third-order valence-electron chi connectivity index (χ3n) is 6.51. The molecule has 0 bridgehead atoms. The molecule has 0 atom stereocenters. The number of aromatic nitrogens is 7. The second kappa shape index (κ2) is 9.27. The molecule has 7 aromatic rings. The highest BCUT2D eigenvalue weighted by Crippen LogP contribution is 2.26. The van der Waals surface area contributed by atoms with Crippen molar-refractivity contribution in [3.8, 4) is 0 Å². The Kier molecular flexibility index (Phi) is 5.60. The first-order chi connectivity index (χ1) is 18.6. The molecule has 8 nitrogen and oxygen atoms in total. The van der Waals surface area contributed by atoms with E-state index in [1.165, 1.54) is 33.2 Å². The number of nitrogens with one attached hydrogen (secondary N) is 1. The number of fused-ring (bicyclic) bond motifs is 5. The molecular weight excluding hydrogens is 518 g/mol. The molecule has 7 rings (SSSR count). The Hall–Kier alpha value is -4.21. The summed E-state index contributed by atoms with van der Waals surface area (Å²) >= 11 is 7.51. The van der Waals surface area contributed by atoms with Crippen molar-refractivity contribution in [3.05, 3.63) is 112 Å². The molecule has 0 spiro atoms. The van der Waals surface area contributed by atoms with Gasteiger partial charge in [0.1, 0.15) is 5.65 Å². The summed E-state index contributed by atoms with van der Waals surface area (Å²) in [4.78, 5) is 30.4. The van der Waals surface area contributed by atoms with E-state index < -0.39 is 0 Å². The van der Waals surface area contributed by atoms with E-state index in [9.17, 15) is 4.79 Å². The number of thioether (sulfide) groups is 1. The van der Waals surface area contributed by atoms with Crippen molar-refractivity contribution in [1.82, 2.24) is 34.0 Å². The first kappa shape index (κ1) is 22.9. The number of rotatable bonds is 6. The zero-order valence-electron chi connectivity index (χ0n) is 20.0. The van der Waals surface area contributed by atoms with Gasteiger partial charge in [-0.15, -0.1) is 5.10 Å². The van der Waals surface area contributed by atoms with Crippen LogP contribution in [0.15, 0.2) is 89.1 Å². The van der Waals surface area contributed by atoms with Crippen molar-refractivity contribution < 1.29 is 0 Å². The van der Waals surface area contributed by atoms with E-state index in [0.29, 0.717) is 33.7 Å². The van der Waals surface area contributed by atoms with Gasteiger partial charge in [0.05, 0.1) is 16.2 Å². The van der Waals surface area contributed by atoms with E-state index in [4.69, 9.17) is 26.7 Å². The van der Waals surface area contributed by atoms with Crippen molar-refractivity contribution in [2.24, 2.45) is 0 Å². The fraction of sp³-hybridized carbons (Fsp3) is 0.107. The van der Waals surface area contributed by atoms with Gasteiger partial charge in [0.2, 0.25) is 0 Å². The van der Waals surface area contributed by atoms with Crippen LogP contribution in [0.5, 0.6) is 0 Å². The van der Waals surface area contributed by atoms with Crippen LogP contribution in [-0.2, 0) is 18.6 Å². The number of hydrogen-bond acceptors (Lipinski definition) is 6. The average molecular weight is 538 g/mol. The maximum absolute atomic E-state index is 12.6. The number of para-hydroxylation sites is 2. The van der Waals surface area contributed by atoms with E-state index in [-0.39, 0.29) is 5.56 Å². The summed E-state index contributed by atoms with van der Waals surface area (Å²) in [5.74, 6) is 1.22. The number of benzene rings is 2. The lowest BCUT2D eigenvalue weighted by molar-refractivity contribution is 0.769.